The topological polar surface area (TPSA) is 59.8 Å². The molecule has 0 spiro atoms. The second-order valence-corrected chi connectivity index (χ2v) is 6.96. The number of carbonyl (C=O) groups excluding carboxylic acids is 1. The van der Waals surface area contributed by atoms with Crippen molar-refractivity contribution >= 4 is 34.4 Å². The summed E-state index contributed by atoms with van der Waals surface area (Å²) in [6.45, 7) is 1.94. The fourth-order valence-electron chi connectivity index (χ4n) is 2.93. The van der Waals surface area contributed by atoms with E-state index >= 15 is 0 Å². The number of aryl methyl sites for hydroxylation is 2. The summed E-state index contributed by atoms with van der Waals surface area (Å²) in [4.78, 5) is 18.1. The lowest BCUT2D eigenvalue weighted by Gasteiger charge is -2.09. The predicted octanol–water partition coefficient (Wildman–Crippen LogP) is 2.93. The average Bonchev–Trinajstić information content (AvgIpc) is 3.09. The van der Waals surface area contributed by atoms with E-state index in [2.05, 4.69) is 27.5 Å². The normalized spacial score (nSPS) is 16.5. The Bertz CT molecular complexity index is 893. The largest absolute Gasteiger partial charge is 0.324 e. The van der Waals surface area contributed by atoms with Crippen LogP contribution in [0.4, 0.5) is 5.69 Å². The number of rotatable bonds is 2. The van der Waals surface area contributed by atoms with Crippen LogP contribution in [0.5, 0.6) is 0 Å². The van der Waals surface area contributed by atoms with Gasteiger partial charge in [-0.2, -0.15) is 5.10 Å². The Balaban J connectivity index is 1.54. The van der Waals surface area contributed by atoms with Gasteiger partial charge < -0.3 is 5.32 Å². The summed E-state index contributed by atoms with van der Waals surface area (Å²) < 4.78 is 1.75. The van der Waals surface area contributed by atoms with Crippen molar-refractivity contribution in [2.45, 2.75) is 23.5 Å². The molecule has 1 N–H and O–H groups in total. The van der Waals surface area contributed by atoms with Gasteiger partial charge in [-0.3, -0.25) is 9.48 Å². The van der Waals surface area contributed by atoms with Crippen LogP contribution >= 0.6 is 11.8 Å². The van der Waals surface area contributed by atoms with Gasteiger partial charge in [0.2, 0.25) is 5.91 Å². The van der Waals surface area contributed by atoms with Crippen molar-refractivity contribution in [2.75, 3.05) is 5.32 Å². The minimum atomic E-state index is -0.0851. The lowest BCUT2D eigenvalue weighted by Crippen LogP contribution is -2.24. The van der Waals surface area contributed by atoms with E-state index in [-0.39, 0.29) is 11.2 Å². The van der Waals surface area contributed by atoms with E-state index in [9.17, 15) is 4.79 Å². The average molecular weight is 324 g/mol. The molecule has 6 heteroatoms. The first kappa shape index (κ1) is 14.3. The summed E-state index contributed by atoms with van der Waals surface area (Å²) in [6.07, 6.45) is 2.46. The van der Waals surface area contributed by atoms with E-state index in [0.29, 0.717) is 0 Å². The second-order valence-electron chi connectivity index (χ2n) is 5.71. The molecule has 1 unspecified atom stereocenters. The maximum atomic E-state index is 12.5. The molecule has 0 fully saturated rings. The Hall–Kier alpha value is -2.34. The van der Waals surface area contributed by atoms with E-state index < -0.39 is 0 Å². The highest BCUT2D eigenvalue weighted by Gasteiger charge is 2.28. The van der Waals surface area contributed by atoms with Crippen LogP contribution in [0.25, 0.3) is 11.0 Å². The number of benzene rings is 1. The second kappa shape index (κ2) is 5.38. The Labute approximate surface area is 138 Å². The number of fused-ring (bicyclic) bond motifs is 2. The number of nitrogens with one attached hydrogen (secondary N) is 1. The summed E-state index contributed by atoms with van der Waals surface area (Å²) in [7, 11) is 1.87. The molecule has 1 aromatic carbocycles. The van der Waals surface area contributed by atoms with Gasteiger partial charge in [-0.05, 0) is 31.0 Å². The third kappa shape index (κ3) is 2.49. The minimum Gasteiger partial charge on any atom is -0.324 e. The smallest absolute Gasteiger partial charge is 0.238 e. The lowest BCUT2D eigenvalue weighted by atomic mass is 10.1. The van der Waals surface area contributed by atoms with Gasteiger partial charge in [-0.1, -0.05) is 18.2 Å². The maximum Gasteiger partial charge on any atom is 0.238 e. The van der Waals surface area contributed by atoms with Crippen LogP contribution in [0.2, 0.25) is 0 Å². The van der Waals surface area contributed by atoms with Crippen LogP contribution in [-0.4, -0.2) is 25.9 Å². The fourth-order valence-corrected chi connectivity index (χ4v) is 4.12. The molecule has 23 heavy (non-hydrogen) atoms. The van der Waals surface area contributed by atoms with Crippen LogP contribution in [-0.2, 0) is 18.3 Å². The molecule has 1 aliphatic heterocycles. The predicted molar refractivity (Wildman–Crippen MR) is 91.7 cm³/mol. The number of hydrogen-bond donors (Lipinski definition) is 1. The number of carbonyl (C=O) groups is 1. The van der Waals surface area contributed by atoms with Crippen LogP contribution in [0, 0.1) is 6.92 Å². The van der Waals surface area contributed by atoms with Gasteiger partial charge in [0, 0.05) is 17.3 Å². The highest BCUT2D eigenvalue weighted by Crippen LogP contribution is 2.37. The van der Waals surface area contributed by atoms with Crippen molar-refractivity contribution in [2.24, 2.45) is 7.05 Å². The standard InChI is InChI=1S/C17H16N4OS/c1-10-13-8-12(9-18-16(13)21(2)20-10)19-17(22)15-7-11-5-3-4-6-14(11)23-15/h3-6,8-9,15H,7H2,1-2H3,(H,19,22). The van der Waals surface area contributed by atoms with E-state index in [0.717, 1.165) is 28.8 Å². The van der Waals surface area contributed by atoms with Crippen molar-refractivity contribution in [1.82, 2.24) is 14.8 Å². The number of amides is 1. The highest BCUT2D eigenvalue weighted by molar-refractivity contribution is 8.01. The summed E-state index contributed by atoms with van der Waals surface area (Å²) in [6, 6.07) is 10.1. The molecule has 0 aliphatic carbocycles. The SMILES string of the molecule is Cc1nn(C)c2ncc(NC(=O)C3Cc4ccccc4S3)cc12. The van der Waals surface area contributed by atoms with Crippen LogP contribution in [0.15, 0.2) is 41.4 Å². The van der Waals surface area contributed by atoms with Crippen molar-refractivity contribution in [3.8, 4) is 0 Å². The van der Waals surface area contributed by atoms with Gasteiger partial charge in [0.25, 0.3) is 0 Å². The minimum absolute atomic E-state index is 0.0221. The van der Waals surface area contributed by atoms with Gasteiger partial charge >= 0.3 is 0 Å². The number of nitrogens with zero attached hydrogens (tertiary/aromatic N) is 3. The molecule has 116 valence electrons. The lowest BCUT2D eigenvalue weighted by molar-refractivity contribution is -0.115. The number of anilines is 1. The summed E-state index contributed by atoms with van der Waals surface area (Å²) in [5.41, 5.74) is 3.70. The van der Waals surface area contributed by atoms with Crippen molar-refractivity contribution in [1.29, 1.82) is 0 Å². The third-order valence-corrected chi connectivity index (χ3v) is 5.39. The summed E-state index contributed by atoms with van der Waals surface area (Å²) in [5.74, 6) is 0.0221. The van der Waals surface area contributed by atoms with E-state index in [1.165, 1.54) is 10.5 Å². The third-order valence-electron chi connectivity index (χ3n) is 4.07. The maximum absolute atomic E-state index is 12.5. The number of aromatic nitrogens is 3. The van der Waals surface area contributed by atoms with Gasteiger partial charge in [0.1, 0.15) is 0 Å². The van der Waals surface area contributed by atoms with Gasteiger partial charge in [0.05, 0.1) is 22.8 Å². The molecule has 0 saturated heterocycles. The number of hydrogen-bond acceptors (Lipinski definition) is 4. The molecule has 2 aromatic heterocycles. The fraction of sp³-hybridized carbons (Fsp3) is 0.235. The molecule has 0 radical (unpaired) electrons. The molecule has 1 atom stereocenters. The highest BCUT2D eigenvalue weighted by atomic mass is 32.2. The van der Waals surface area contributed by atoms with E-state index in [1.807, 2.05) is 32.2 Å². The van der Waals surface area contributed by atoms with Crippen LogP contribution in [0.1, 0.15) is 11.3 Å². The molecule has 4 rings (SSSR count). The molecule has 3 heterocycles. The first-order valence-corrected chi connectivity index (χ1v) is 8.34. The molecule has 0 bridgehead atoms. The van der Waals surface area contributed by atoms with Gasteiger partial charge in [-0.25, -0.2) is 4.98 Å². The molecular formula is C17H16N4OS. The zero-order valence-electron chi connectivity index (χ0n) is 12.9. The number of pyridine rings is 1. The first-order chi connectivity index (χ1) is 11.1. The van der Waals surface area contributed by atoms with E-state index in [4.69, 9.17) is 0 Å². The first-order valence-electron chi connectivity index (χ1n) is 7.46. The molecule has 1 aliphatic rings. The summed E-state index contributed by atoms with van der Waals surface area (Å²) in [5, 5.41) is 8.22. The Morgan fingerprint density at radius 3 is 3.04 bits per heavy atom. The van der Waals surface area contributed by atoms with Crippen LogP contribution in [0.3, 0.4) is 0 Å². The zero-order valence-corrected chi connectivity index (χ0v) is 13.7. The van der Waals surface area contributed by atoms with Gasteiger partial charge in [-0.15, -0.1) is 11.8 Å². The monoisotopic (exact) mass is 324 g/mol. The molecule has 0 saturated carbocycles. The summed E-state index contributed by atoms with van der Waals surface area (Å²) >= 11 is 1.63. The zero-order chi connectivity index (χ0) is 16.0. The van der Waals surface area contributed by atoms with E-state index in [1.54, 1.807) is 22.6 Å². The van der Waals surface area contributed by atoms with Crippen LogP contribution < -0.4 is 5.32 Å². The molecule has 3 aromatic rings. The quantitative estimate of drug-likeness (QED) is 0.787. The van der Waals surface area contributed by atoms with Gasteiger partial charge in [0.15, 0.2) is 5.65 Å². The van der Waals surface area contributed by atoms with Crippen molar-refractivity contribution < 1.29 is 4.79 Å². The number of thioether (sulfide) groups is 1. The Morgan fingerprint density at radius 2 is 2.22 bits per heavy atom. The van der Waals surface area contributed by atoms with Crippen molar-refractivity contribution in [3.05, 3.63) is 47.8 Å². The Kier molecular flexibility index (Phi) is 3.34. The van der Waals surface area contributed by atoms with Crippen molar-refractivity contribution in [3.63, 3.8) is 0 Å². The molecular weight excluding hydrogens is 308 g/mol. The Morgan fingerprint density at radius 1 is 1.39 bits per heavy atom. The molecule has 5 nitrogen and oxygen atoms in total. The molecule has 1 amide bonds.